The van der Waals surface area contributed by atoms with Gasteiger partial charge in [-0.25, -0.2) is 4.79 Å². The summed E-state index contributed by atoms with van der Waals surface area (Å²) in [7, 11) is 0. The minimum atomic E-state index is -0.278. The molecule has 114 valence electrons. The van der Waals surface area contributed by atoms with E-state index in [9.17, 15) is 9.59 Å². The molecule has 2 aliphatic rings. The number of hydrogen-bond acceptors (Lipinski definition) is 4. The van der Waals surface area contributed by atoms with Crippen molar-refractivity contribution in [3.05, 3.63) is 24.2 Å². The van der Waals surface area contributed by atoms with Crippen molar-refractivity contribution in [3.63, 3.8) is 0 Å². The summed E-state index contributed by atoms with van der Waals surface area (Å²) < 4.78 is 5.53. The maximum atomic E-state index is 12.3. The topological polar surface area (TPSA) is 65.8 Å². The lowest BCUT2D eigenvalue weighted by Crippen LogP contribution is -2.45. The van der Waals surface area contributed by atoms with Crippen molar-refractivity contribution in [1.82, 2.24) is 15.1 Å². The lowest BCUT2D eigenvalue weighted by Gasteiger charge is -2.37. The number of nitrogens with zero attached hydrogens (tertiary/aromatic N) is 2. The third-order valence-electron chi connectivity index (χ3n) is 4.34. The molecule has 0 saturated carbocycles. The van der Waals surface area contributed by atoms with Crippen LogP contribution in [-0.4, -0.2) is 47.9 Å². The van der Waals surface area contributed by atoms with Crippen molar-refractivity contribution in [1.29, 1.82) is 0 Å². The number of furan rings is 1. The number of rotatable bonds is 3. The first-order valence-corrected chi connectivity index (χ1v) is 7.51. The summed E-state index contributed by atoms with van der Waals surface area (Å²) in [6.07, 6.45) is 3.71. The molecule has 0 unspecified atom stereocenters. The second kappa shape index (κ2) is 5.89. The Morgan fingerprint density at radius 2 is 2.33 bits per heavy atom. The molecular weight excluding hydrogens is 270 g/mol. The molecule has 0 aromatic carbocycles. The van der Waals surface area contributed by atoms with E-state index in [1.54, 1.807) is 6.26 Å². The monoisotopic (exact) mass is 291 g/mol. The van der Waals surface area contributed by atoms with Crippen LogP contribution in [0.4, 0.5) is 4.79 Å². The SMILES string of the molecule is C[C@@H]1CCN(CC(=O)N2CCNC2=O)[C@@H](c2ccco2)C1. The van der Waals surface area contributed by atoms with Gasteiger partial charge in [-0.3, -0.25) is 14.6 Å². The highest BCUT2D eigenvalue weighted by Gasteiger charge is 2.33. The van der Waals surface area contributed by atoms with Gasteiger partial charge in [0.25, 0.3) is 0 Å². The van der Waals surface area contributed by atoms with Gasteiger partial charge in [-0.1, -0.05) is 6.92 Å². The average Bonchev–Trinajstić information content (AvgIpc) is 3.11. The molecule has 1 aromatic heterocycles. The quantitative estimate of drug-likeness (QED) is 0.918. The predicted molar refractivity (Wildman–Crippen MR) is 76.5 cm³/mol. The normalized spacial score (nSPS) is 26.9. The molecule has 3 rings (SSSR count). The second-order valence-electron chi connectivity index (χ2n) is 5.91. The summed E-state index contributed by atoms with van der Waals surface area (Å²) in [5.74, 6) is 1.39. The molecule has 21 heavy (non-hydrogen) atoms. The van der Waals surface area contributed by atoms with Gasteiger partial charge in [0, 0.05) is 13.1 Å². The van der Waals surface area contributed by atoms with Crippen LogP contribution in [0.3, 0.4) is 0 Å². The number of urea groups is 1. The van der Waals surface area contributed by atoms with Gasteiger partial charge >= 0.3 is 6.03 Å². The molecule has 6 heteroatoms. The van der Waals surface area contributed by atoms with Crippen molar-refractivity contribution >= 4 is 11.9 Å². The van der Waals surface area contributed by atoms with Crippen LogP contribution in [0.1, 0.15) is 31.6 Å². The van der Waals surface area contributed by atoms with Crippen LogP contribution < -0.4 is 5.32 Å². The molecule has 3 heterocycles. The molecule has 1 N–H and O–H groups in total. The van der Waals surface area contributed by atoms with Gasteiger partial charge in [0.2, 0.25) is 5.91 Å². The minimum Gasteiger partial charge on any atom is -0.468 e. The number of hydrogen-bond donors (Lipinski definition) is 1. The summed E-state index contributed by atoms with van der Waals surface area (Å²) in [5.41, 5.74) is 0. The highest BCUT2D eigenvalue weighted by Crippen LogP contribution is 2.34. The second-order valence-corrected chi connectivity index (χ2v) is 5.91. The van der Waals surface area contributed by atoms with E-state index in [0.717, 1.165) is 25.1 Å². The standard InChI is InChI=1S/C15H21N3O3/c1-11-4-6-17(12(9-11)13-3-2-8-21-13)10-14(19)18-7-5-16-15(18)20/h2-3,8,11-12H,4-7,9-10H2,1H3,(H,16,20)/t11-,12-/m1/s1. The lowest BCUT2D eigenvalue weighted by molar-refractivity contribution is -0.130. The Bertz CT molecular complexity index is 514. The third kappa shape index (κ3) is 2.95. The molecule has 2 atom stereocenters. The third-order valence-corrected chi connectivity index (χ3v) is 4.34. The number of piperidine rings is 1. The number of carbonyl (C=O) groups excluding carboxylic acids is 2. The van der Waals surface area contributed by atoms with Gasteiger partial charge in [-0.05, 0) is 37.4 Å². The van der Waals surface area contributed by atoms with Gasteiger partial charge in [0.15, 0.2) is 0 Å². The molecule has 2 aliphatic heterocycles. The highest BCUT2D eigenvalue weighted by atomic mass is 16.3. The van der Waals surface area contributed by atoms with Crippen LogP contribution >= 0.6 is 0 Å². The van der Waals surface area contributed by atoms with Crippen molar-refractivity contribution in [2.75, 3.05) is 26.2 Å². The lowest BCUT2D eigenvalue weighted by atomic mass is 9.91. The molecule has 2 saturated heterocycles. The maximum absolute atomic E-state index is 12.3. The maximum Gasteiger partial charge on any atom is 0.324 e. The fourth-order valence-electron chi connectivity index (χ4n) is 3.12. The number of imide groups is 1. The Balaban J connectivity index is 1.70. The summed E-state index contributed by atoms with van der Waals surface area (Å²) in [6.45, 7) is 4.36. The average molecular weight is 291 g/mol. The Labute approximate surface area is 124 Å². The van der Waals surface area contributed by atoms with Crippen molar-refractivity contribution in [2.24, 2.45) is 5.92 Å². The van der Waals surface area contributed by atoms with Crippen LogP contribution in [0.15, 0.2) is 22.8 Å². The van der Waals surface area contributed by atoms with Crippen LogP contribution in [0, 0.1) is 5.92 Å². The van der Waals surface area contributed by atoms with E-state index in [-0.39, 0.29) is 24.5 Å². The fraction of sp³-hybridized carbons (Fsp3) is 0.600. The summed E-state index contributed by atoms with van der Waals surface area (Å²) in [5, 5.41) is 2.66. The van der Waals surface area contributed by atoms with E-state index >= 15 is 0 Å². The molecular formula is C15H21N3O3. The van der Waals surface area contributed by atoms with Gasteiger partial charge in [0.1, 0.15) is 5.76 Å². The van der Waals surface area contributed by atoms with Crippen LogP contribution in [0.2, 0.25) is 0 Å². The Morgan fingerprint density at radius 3 is 3.00 bits per heavy atom. The van der Waals surface area contributed by atoms with Gasteiger partial charge in [-0.15, -0.1) is 0 Å². The number of nitrogens with one attached hydrogen (secondary N) is 1. The first-order chi connectivity index (χ1) is 10.1. The Morgan fingerprint density at radius 1 is 1.48 bits per heavy atom. The molecule has 0 spiro atoms. The smallest absolute Gasteiger partial charge is 0.324 e. The molecule has 0 bridgehead atoms. The van der Waals surface area contributed by atoms with E-state index in [4.69, 9.17) is 4.42 Å². The Kier molecular flexibility index (Phi) is 3.96. The van der Waals surface area contributed by atoms with Crippen LogP contribution in [-0.2, 0) is 4.79 Å². The fourth-order valence-corrected chi connectivity index (χ4v) is 3.12. The zero-order valence-corrected chi connectivity index (χ0v) is 12.2. The molecule has 0 aliphatic carbocycles. The van der Waals surface area contributed by atoms with Gasteiger partial charge in [0.05, 0.1) is 18.8 Å². The van der Waals surface area contributed by atoms with Crippen LogP contribution in [0.5, 0.6) is 0 Å². The zero-order valence-electron chi connectivity index (χ0n) is 12.2. The first-order valence-electron chi connectivity index (χ1n) is 7.51. The number of amides is 3. The number of carbonyl (C=O) groups is 2. The Hall–Kier alpha value is -1.82. The summed E-state index contributed by atoms with van der Waals surface area (Å²) >= 11 is 0. The van der Waals surface area contributed by atoms with Crippen molar-refractivity contribution < 1.29 is 14.0 Å². The molecule has 0 radical (unpaired) electrons. The van der Waals surface area contributed by atoms with Crippen molar-refractivity contribution in [3.8, 4) is 0 Å². The highest BCUT2D eigenvalue weighted by molar-refractivity contribution is 5.96. The van der Waals surface area contributed by atoms with Gasteiger partial charge in [-0.2, -0.15) is 0 Å². The minimum absolute atomic E-state index is 0.123. The summed E-state index contributed by atoms with van der Waals surface area (Å²) in [6, 6.07) is 3.68. The molecule has 2 fully saturated rings. The number of likely N-dealkylation sites (tertiary alicyclic amines) is 1. The molecule has 6 nitrogen and oxygen atoms in total. The first kappa shape index (κ1) is 14.1. The van der Waals surface area contributed by atoms with Crippen LogP contribution in [0.25, 0.3) is 0 Å². The van der Waals surface area contributed by atoms with E-state index in [1.807, 2.05) is 12.1 Å². The predicted octanol–water partition coefficient (Wildman–Crippen LogP) is 1.60. The van der Waals surface area contributed by atoms with E-state index in [0.29, 0.717) is 19.0 Å². The largest absolute Gasteiger partial charge is 0.468 e. The summed E-state index contributed by atoms with van der Waals surface area (Å²) in [4.78, 5) is 27.3. The van der Waals surface area contributed by atoms with E-state index in [1.165, 1.54) is 4.90 Å². The van der Waals surface area contributed by atoms with Gasteiger partial charge < -0.3 is 9.73 Å². The van der Waals surface area contributed by atoms with Crippen molar-refractivity contribution in [2.45, 2.75) is 25.8 Å². The molecule has 3 amide bonds. The molecule has 1 aromatic rings. The zero-order chi connectivity index (χ0) is 14.8. The van der Waals surface area contributed by atoms with E-state index < -0.39 is 0 Å². The van der Waals surface area contributed by atoms with E-state index in [2.05, 4.69) is 17.1 Å².